The fourth-order valence-electron chi connectivity index (χ4n) is 3.47. The molecule has 0 saturated heterocycles. The highest BCUT2D eigenvalue weighted by molar-refractivity contribution is 5.95. The van der Waals surface area contributed by atoms with Crippen molar-refractivity contribution in [3.05, 3.63) is 17.7 Å². The van der Waals surface area contributed by atoms with Gasteiger partial charge in [-0.25, -0.2) is 5.43 Å². The van der Waals surface area contributed by atoms with Crippen LogP contribution in [0.3, 0.4) is 0 Å². The number of benzene rings is 1. The molecular weight excluding hydrogens is 272 g/mol. The Kier molecular flexibility index (Phi) is 3.45. The third-order valence-electron chi connectivity index (χ3n) is 4.56. The molecule has 3 rings (SSSR count). The number of hydrogen-bond acceptors (Lipinski definition) is 5. The van der Waals surface area contributed by atoms with Gasteiger partial charge in [-0.05, 0) is 49.1 Å². The lowest BCUT2D eigenvalue weighted by atomic mass is 9.90. The second-order valence-electron chi connectivity index (χ2n) is 5.92. The van der Waals surface area contributed by atoms with E-state index in [9.17, 15) is 20.1 Å². The number of amides is 1. The van der Waals surface area contributed by atoms with Crippen molar-refractivity contribution < 1.29 is 20.1 Å². The molecule has 2 saturated carbocycles. The predicted octanol–water partition coefficient (Wildman–Crippen LogP) is 1.96. The van der Waals surface area contributed by atoms with E-state index in [1.807, 2.05) is 0 Å². The van der Waals surface area contributed by atoms with Crippen LogP contribution in [0.2, 0.25) is 0 Å². The molecule has 1 aromatic carbocycles. The van der Waals surface area contributed by atoms with Crippen LogP contribution >= 0.6 is 0 Å². The molecule has 2 aliphatic carbocycles. The van der Waals surface area contributed by atoms with Gasteiger partial charge in [0.25, 0.3) is 5.91 Å². The van der Waals surface area contributed by atoms with Gasteiger partial charge in [0, 0.05) is 11.8 Å². The van der Waals surface area contributed by atoms with Gasteiger partial charge in [0.1, 0.15) is 0 Å². The summed E-state index contributed by atoms with van der Waals surface area (Å²) in [5, 5.41) is 32.0. The van der Waals surface area contributed by atoms with E-state index in [1.165, 1.54) is 19.3 Å². The van der Waals surface area contributed by atoms with Crippen molar-refractivity contribution in [3.63, 3.8) is 0 Å². The predicted molar refractivity (Wildman–Crippen MR) is 76.3 cm³/mol. The second kappa shape index (κ2) is 5.27. The van der Waals surface area contributed by atoms with E-state index < -0.39 is 23.2 Å². The maximum atomic E-state index is 11.9. The molecule has 3 atom stereocenters. The number of hydrogen-bond donors (Lipinski definition) is 4. The van der Waals surface area contributed by atoms with Gasteiger partial charge in [-0.1, -0.05) is 6.42 Å². The van der Waals surface area contributed by atoms with Gasteiger partial charge in [0.05, 0.1) is 0 Å². The summed E-state index contributed by atoms with van der Waals surface area (Å²) in [4.78, 5) is 11.9. The molecule has 6 nitrogen and oxygen atoms in total. The Bertz CT molecular complexity index is 576. The van der Waals surface area contributed by atoms with Crippen molar-refractivity contribution in [3.8, 4) is 17.2 Å². The van der Waals surface area contributed by atoms with Crippen LogP contribution in [0.25, 0.3) is 0 Å². The molecule has 6 heteroatoms. The summed E-state index contributed by atoms with van der Waals surface area (Å²) in [5.41, 5.74) is 2.42. The molecule has 1 aromatic rings. The first-order valence-electron chi connectivity index (χ1n) is 7.13. The number of nitrogens with zero attached hydrogens (tertiary/aromatic N) is 1. The Hall–Kier alpha value is -2.24. The van der Waals surface area contributed by atoms with Gasteiger partial charge in [0.2, 0.25) is 0 Å². The number of phenols is 3. The SMILES string of the molecule is O=C(N/N=C\[C@@H]1C[C@H]2CC[C@@H]1C2)c1cc(O)c(O)c(O)c1. The van der Waals surface area contributed by atoms with Gasteiger partial charge in [0.15, 0.2) is 17.2 Å². The molecule has 2 aliphatic rings. The summed E-state index contributed by atoms with van der Waals surface area (Å²) < 4.78 is 0. The van der Waals surface area contributed by atoms with Crippen LogP contribution < -0.4 is 5.43 Å². The Labute approximate surface area is 122 Å². The van der Waals surface area contributed by atoms with E-state index in [-0.39, 0.29) is 5.56 Å². The van der Waals surface area contributed by atoms with E-state index in [0.29, 0.717) is 11.8 Å². The molecule has 1 amide bonds. The van der Waals surface area contributed by atoms with Crippen LogP contribution in [0.5, 0.6) is 17.2 Å². The number of hydrazone groups is 1. The van der Waals surface area contributed by atoms with Gasteiger partial charge < -0.3 is 15.3 Å². The van der Waals surface area contributed by atoms with E-state index in [1.54, 1.807) is 6.21 Å². The maximum Gasteiger partial charge on any atom is 0.271 e. The molecule has 0 unspecified atom stereocenters. The molecule has 0 aromatic heterocycles. The maximum absolute atomic E-state index is 11.9. The van der Waals surface area contributed by atoms with E-state index in [2.05, 4.69) is 10.5 Å². The Morgan fingerprint density at radius 3 is 2.48 bits per heavy atom. The lowest BCUT2D eigenvalue weighted by Gasteiger charge is -2.16. The molecule has 112 valence electrons. The highest BCUT2D eigenvalue weighted by Crippen LogP contribution is 2.47. The van der Waals surface area contributed by atoms with Crippen molar-refractivity contribution >= 4 is 12.1 Å². The number of carbonyl (C=O) groups excluding carboxylic acids is 1. The molecule has 0 spiro atoms. The quantitative estimate of drug-likeness (QED) is 0.388. The smallest absolute Gasteiger partial charge is 0.271 e. The Morgan fingerprint density at radius 1 is 1.19 bits per heavy atom. The van der Waals surface area contributed by atoms with Crippen molar-refractivity contribution in [1.29, 1.82) is 0 Å². The molecule has 2 fully saturated rings. The number of rotatable bonds is 3. The van der Waals surface area contributed by atoms with Crippen molar-refractivity contribution in [2.45, 2.75) is 25.7 Å². The summed E-state index contributed by atoms with van der Waals surface area (Å²) in [7, 11) is 0. The first-order chi connectivity index (χ1) is 10.0. The summed E-state index contributed by atoms with van der Waals surface area (Å²) in [6.07, 6.45) is 6.76. The summed E-state index contributed by atoms with van der Waals surface area (Å²) in [6, 6.07) is 2.16. The zero-order chi connectivity index (χ0) is 15.0. The monoisotopic (exact) mass is 290 g/mol. The number of phenolic OH excluding ortho intramolecular Hbond substituents is 3. The topological polar surface area (TPSA) is 102 Å². The fraction of sp³-hybridized carbons (Fsp3) is 0.467. The third kappa shape index (κ3) is 2.66. The zero-order valence-corrected chi connectivity index (χ0v) is 11.5. The first-order valence-corrected chi connectivity index (χ1v) is 7.13. The fourth-order valence-corrected chi connectivity index (χ4v) is 3.47. The molecule has 21 heavy (non-hydrogen) atoms. The highest BCUT2D eigenvalue weighted by atomic mass is 16.3. The van der Waals surface area contributed by atoms with Crippen LogP contribution in [0.15, 0.2) is 17.2 Å². The summed E-state index contributed by atoms with van der Waals surface area (Å²) in [5.74, 6) is -0.331. The molecular formula is C15H18N2O4. The van der Waals surface area contributed by atoms with Gasteiger partial charge in [-0.15, -0.1) is 0 Å². The molecule has 0 heterocycles. The summed E-state index contributed by atoms with van der Waals surface area (Å²) in [6.45, 7) is 0. The van der Waals surface area contributed by atoms with Crippen molar-refractivity contribution in [2.75, 3.05) is 0 Å². The number of aromatic hydroxyl groups is 3. The molecule has 0 radical (unpaired) electrons. The van der Waals surface area contributed by atoms with Gasteiger partial charge >= 0.3 is 0 Å². The van der Waals surface area contributed by atoms with Crippen LogP contribution in [0.4, 0.5) is 0 Å². The average Bonchev–Trinajstić information content (AvgIpc) is 3.06. The lowest BCUT2D eigenvalue weighted by Crippen LogP contribution is -2.20. The molecule has 2 bridgehead atoms. The lowest BCUT2D eigenvalue weighted by molar-refractivity contribution is 0.0954. The van der Waals surface area contributed by atoms with Crippen LogP contribution in [-0.4, -0.2) is 27.4 Å². The minimum atomic E-state index is -0.642. The Balaban J connectivity index is 1.61. The first kappa shape index (κ1) is 13.7. The van der Waals surface area contributed by atoms with E-state index in [4.69, 9.17) is 0 Å². The average molecular weight is 290 g/mol. The Morgan fingerprint density at radius 2 is 1.90 bits per heavy atom. The number of carbonyl (C=O) groups is 1. The highest BCUT2D eigenvalue weighted by Gasteiger charge is 2.38. The normalized spacial score (nSPS) is 27.3. The molecule has 0 aliphatic heterocycles. The van der Waals surface area contributed by atoms with E-state index in [0.717, 1.165) is 24.5 Å². The van der Waals surface area contributed by atoms with Gasteiger partial charge in [-0.3, -0.25) is 4.79 Å². The van der Waals surface area contributed by atoms with Crippen molar-refractivity contribution in [2.24, 2.45) is 22.9 Å². The molecule has 4 N–H and O–H groups in total. The minimum Gasteiger partial charge on any atom is -0.504 e. The number of nitrogens with one attached hydrogen (secondary N) is 1. The van der Waals surface area contributed by atoms with Crippen LogP contribution in [0.1, 0.15) is 36.0 Å². The summed E-state index contributed by atoms with van der Waals surface area (Å²) >= 11 is 0. The van der Waals surface area contributed by atoms with Crippen LogP contribution in [0, 0.1) is 17.8 Å². The zero-order valence-electron chi connectivity index (χ0n) is 11.5. The third-order valence-corrected chi connectivity index (χ3v) is 4.56. The van der Waals surface area contributed by atoms with Crippen molar-refractivity contribution in [1.82, 2.24) is 5.43 Å². The second-order valence-corrected chi connectivity index (χ2v) is 5.92. The standard InChI is InChI=1S/C15H18N2O4/c18-12-5-10(6-13(19)14(12)20)15(21)17-16-7-11-4-8-1-2-9(11)3-8/h5-9,11,18-20H,1-4H2,(H,17,21)/b16-7-/t8-,9+,11-/m0/s1. The van der Waals surface area contributed by atoms with Gasteiger partial charge in [-0.2, -0.15) is 5.10 Å². The number of fused-ring (bicyclic) bond motifs is 2. The largest absolute Gasteiger partial charge is 0.504 e. The van der Waals surface area contributed by atoms with Crippen LogP contribution in [-0.2, 0) is 0 Å². The minimum absolute atomic E-state index is 0.0351. The van der Waals surface area contributed by atoms with E-state index >= 15 is 0 Å².